The van der Waals surface area contributed by atoms with Gasteiger partial charge in [0.25, 0.3) is 11.5 Å². The zero-order valence-corrected chi connectivity index (χ0v) is 17.4. The van der Waals surface area contributed by atoms with Crippen molar-refractivity contribution in [3.8, 4) is 0 Å². The average Bonchev–Trinajstić information content (AvgIpc) is 3.18. The van der Waals surface area contributed by atoms with E-state index in [0.717, 1.165) is 7.11 Å². The molecule has 0 bridgehead atoms. The maximum Gasteiger partial charge on any atom is 0.278 e. The number of methoxy groups -OCH3 is 1. The summed E-state index contributed by atoms with van der Waals surface area (Å²) in [5, 5.41) is 34.0. The van der Waals surface area contributed by atoms with E-state index in [-0.39, 0.29) is 16.9 Å². The van der Waals surface area contributed by atoms with Crippen LogP contribution in [0.25, 0.3) is 0 Å². The molecule has 2 aliphatic heterocycles. The lowest BCUT2D eigenvalue weighted by molar-refractivity contribution is -0.163. The van der Waals surface area contributed by atoms with E-state index in [0.29, 0.717) is 6.42 Å². The van der Waals surface area contributed by atoms with Crippen molar-refractivity contribution in [1.82, 2.24) is 5.32 Å². The summed E-state index contributed by atoms with van der Waals surface area (Å²) in [5.74, 6) is -3.15. The average molecular weight is 431 g/mol. The maximum atomic E-state index is 13.1. The number of Topliss-reactive ketones (excluding diaryl/α,β-unsaturated/α-hetero) is 2. The summed E-state index contributed by atoms with van der Waals surface area (Å²) in [6.07, 6.45) is -1.60. The number of hydrogen-bond acceptors (Lipinski definition) is 8. The molecule has 166 valence electrons. The molecule has 31 heavy (non-hydrogen) atoms. The molecule has 0 saturated carbocycles. The Kier molecular flexibility index (Phi) is 6.15. The number of allylic oxidation sites excluding steroid dienone is 1. The van der Waals surface area contributed by atoms with Gasteiger partial charge in [0.2, 0.25) is 17.3 Å². The highest BCUT2D eigenvalue weighted by Crippen LogP contribution is 2.44. The minimum Gasteiger partial charge on any atom is -0.467 e. The van der Waals surface area contributed by atoms with Crippen molar-refractivity contribution >= 4 is 17.5 Å². The van der Waals surface area contributed by atoms with Gasteiger partial charge in [0.15, 0.2) is 6.10 Å². The zero-order chi connectivity index (χ0) is 23.0. The van der Waals surface area contributed by atoms with Crippen molar-refractivity contribution in [1.29, 1.82) is 0 Å². The Labute approximate surface area is 179 Å². The summed E-state index contributed by atoms with van der Waals surface area (Å²) in [4.78, 5) is 39.2. The lowest BCUT2D eigenvalue weighted by atomic mass is 9.85. The smallest absolute Gasteiger partial charge is 0.278 e. The minimum atomic E-state index is -2.53. The van der Waals surface area contributed by atoms with Crippen LogP contribution in [0, 0.1) is 0 Å². The zero-order valence-electron chi connectivity index (χ0n) is 17.4. The molecule has 0 unspecified atom stereocenters. The molecule has 9 nitrogen and oxygen atoms in total. The Morgan fingerprint density at radius 2 is 1.94 bits per heavy atom. The summed E-state index contributed by atoms with van der Waals surface area (Å²) < 4.78 is 10.8. The fourth-order valence-corrected chi connectivity index (χ4v) is 3.81. The summed E-state index contributed by atoms with van der Waals surface area (Å²) in [6.45, 7) is 3.13. The Balaban J connectivity index is 1.99. The third kappa shape index (κ3) is 3.30. The van der Waals surface area contributed by atoms with E-state index in [2.05, 4.69) is 5.32 Å². The first kappa shape index (κ1) is 22.8. The lowest BCUT2D eigenvalue weighted by Crippen LogP contribution is -2.60. The summed E-state index contributed by atoms with van der Waals surface area (Å²) >= 11 is 0. The van der Waals surface area contributed by atoms with E-state index in [1.165, 1.54) is 25.1 Å². The molecule has 9 heteroatoms. The fraction of sp³-hybridized carbons (Fsp3) is 0.409. The predicted molar refractivity (Wildman–Crippen MR) is 108 cm³/mol. The van der Waals surface area contributed by atoms with Crippen LogP contribution in [0.3, 0.4) is 0 Å². The summed E-state index contributed by atoms with van der Waals surface area (Å²) in [7, 11) is 1.11. The van der Waals surface area contributed by atoms with Crippen LogP contribution in [0.2, 0.25) is 0 Å². The van der Waals surface area contributed by atoms with E-state index in [9.17, 15) is 29.7 Å². The predicted octanol–water partition coefficient (Wildman–Crippen LogP) is 0.00280. The first-order valence-corrected chi connectivity index (χ1v) is 9.80. The van der Waals surface area contributed by atoms with E-state index >= 15 is 0 Å². The Morgan fingerprint density at radius 3 is 2.52 bits per heavy atom. The number of ether oxygens (including phenoxy) is 2. The number of benzene rings is 1. The number of aliphatic hydroxyl groups is 3. The molecule has 1 aromatic carbocycles. The fourth-order valence-electron chi connectivity index (χ4n) is 3.81. The lowest BCUT2D eigenvalue weighted by Gasteiger charge is -2.32. The molecular formula is C22H25NO8. The van der Waals surface area contributed by atoms with Gasteiger partial charge < -0.3 is 30.1 Å². The number of carbonyl (C=O) groups excluding carboxylic acids is 3. The molecule has 1 saturated heterocycles. The molecule has 4 N–H and O–H groups in total. The molecule has 0 aliphatic carbocycles. The second-order valence-corrected chi connectivity index (χ2v) is 7.42. The van der Waals surface area contributed by atoms with Gasteiger partial charge in [0, 0.05) is 18.2 Å². The summed E-state index contributed by atoms with van der Waals surface area (Å²) in [6, 6.07) is 7.82. The van der Waals surface area contributed by atoms with Crippen molar-refractivity contribution in [2.24, 2.45) is 0 Å². The second kappa shape index (κ2) is 8.35. The topological polar surface area (TPSA) is 142 Å². The molecular weight excluding hydrogens is 406 g/mol. The monoisotopic (exact) mass is 431 g/mol. The molecule has 1 amide bonds. The number of nitrogens with one attached hydrogen (secondary N) is 1. The highest BCUT2D eigenvalue weighted by Gasteiger charge is 2.74. The molecule has 0 radical (unpaired) electrons. The van der Waals surface area contributed by atoms with E-state index < -0.39 is 47.1 Å². The van der Waals surface area contributed by atoms with Gasteiger partial charge in [-0.3, -0.25) is 14.4 Å². The Bertz CT molecular complexity index is 956. The molecule has 1 fully saturated rings. The van der Waals surface area contributed by atoms with Gasteiger partial charge in [0.1, 0.15) is 18.0 Å². The van der Waals surface area contributed by atoms with Crippen LogP contribution >= 0.6 is 0 Å². The number of amides is 1. The van der Waals surface area contributed by atoms with Crippen LogP contribution < -0.4 is 5.32 Å². The van der Waals surface area contributed by atoms with Crippen LogP contribution in [0.4, 0.5) is 0 Å². The van der Waals surface area contributed by atoms with Crippen LogP contribution in [0.5, 0.6) is 0 Å². The van der Waals surface area contributed by atoms with Gasteiger partial charge in [0.05, 0.1) is 0 Å². The second-order valence-electron chi connectivity index (χ2n) is 7.42. The number of aliphatic hydroxyl groups excluding tert-OH is 3. The van der Waals surface area contributed by atoms with Crippen molar-refractivity contribution in [3.63, 3.8) is 0 Å². The highest BCUT2D eigenvalue weighted by atomic mass is 16.6. The van der Waals surface area contributed by atoms with E-state index in [1.807, 2.05) is 6.92 Å². The highest BCUT2D eigenvalue weighted by molar-refractivity contribution is 6.23. The molecule has 5 atom stereocenters. The molecule has 3 rings (SSSR count). The molecule has 2 aliphatic rings. The van der Waals surface area contributed by atoms with Crippen LogP contribution in [0.15, 0.2) is 53.8 Å². The van der Waals surface area contributed by atoms with Gasteiger partial charge in [-0.1, -0.05) is 49.4 Å². The first-order chi connectivity index (χ1) is 14.7. The first-order valence-electron chi connectivity index (χ1n) is 9.80. The van der Waals surface area contributed by atoms with Gasteiger partial charge >= 0.3 is 0 Å². The maximum absolute atomic E-state index is 13.1. The number of carbonyl (C=O) groups is 3. The summed E-state index contributed by atoms with van der Waals surface area (Å²) in [5.41, 5.74) is -4.83. The standard InChI is InChI=1S/C22H25NO8/c1-4-5-11-14(24)15(25)16-12(2)17(26)21(31-16)19(28)22(30-3,23-20(21)29)18(27)13-9-7-6-8-10-13/h5-11,14-15,19,24-25,28H,4H2,1-3H3,(H,23,29)/b11-5-/t14-,15-,19-,21+,22-/m0/s1. The number of hydrogen-bond donors (Lipinski definition) is 4. The molecule has 1 aromatic rings. The van der Waals surface area contributed by atoms with Crippen molar-refractivity contribution in [2.75, 3.05) is 7.11 Å². The van der Waals surface area contributed by atoms with Gasteiger partial charge in [-0.25, -0.2) is 0 Å². The van der Waals surface area contributed by atoms with Gasteiger partial charge in [-0.05, 0) is 13.3 Å². The van der Waals surface area contributed by atoms with Gasteiger partial charge in [-0.15, -0.1) is 0 Å². The van der Waals surface area contributed by atoms with Crippen molar-refractivity contribution < 1.29 is 39.2 Å². The van der Waals surface area contributed by atoms with Crippen molar-refractivity contribution in [2.45, 2.75) is 49.9 Å². The van der Waals surface area contributed by atoms with Crippen LogP contribution in [-0.4, -0.2) is 69.5 Å². The normalized spacial score (nSPS) is 30.1. The molecule has 2 heterocycles. The largest absolute Gasteiger partial charge is 0.467 e. The number of rotatable bonds is 7. The van der Waals surface area contributed by atoms with E-state index in [1.54, 1.807) is 24.3 Å². The van der Waals surface area contributed by atoms with E-state index in [4.69, 9.17) is 9.47 Å². The minimum absolute atomic E-state index is 0.135. The quantitative estimate of drug-likeness (QED) is 0.269. The SMILES string of the molecule is CC/C=C\[C@H](O)[C@H](O)C1=C(C)C(=O)[C@]2(O1)C(=O)N[C@](OC)(C(=O)c1ccccc1)[C@H]2O. The van der Waals surface area contributed by atoms with Crippen LogP contribution in [-0.2, 0) is 19.1 Å². The van der Waals surface area contributed by atoms with Crippen LogP contribution in [0.1, 0.15) is 30.6 Å². The number of ketones is 2. The third-order valence-electron chi connectivity index (χ3n) is 5.58. The Morgan fingerprint density at radius 1 is 1.29 bits per heavy atom. The van der Waals surface area contributed by atoms with Crippen molar-refractivity contribution in [3.05, 3.63) is 59.4 Å². The molecule has 0 aromatic heterocycles. The van der Waals surface area contributed by atoms with Gasteiger partial charge in [-0.2, -0.15) is 0 Å². The Hall–Kier alpha value is -2.85. The molecule has 1 spiro atoms. The third-order valence-corrected chi connectivity index (χ3v) is 5.58.